The van der Waals surface area contributed by atoms with Crippen molar-refractivity contribution in [1.29, 1.82) is 0 Å². The van der Waals surface area contributed by atoms with Crippen molar-refractivity contribution in [1.82, 2.24) is 4.90 Å². The van der Waals surface area contributed by atoms with Crippen LogP contribution in [0.2, 0.25) is 0 Å². The maximum Gasteiger partial charge on any atom is 0.249 e. The van der Waals surface area contributed by atoms with Crippen LogP contribution < -0.4 is 10.6 Å². The van der Waals surface area contributed by atoms with E-state index >= 15 is 0 Å². The lowest BCUT2D eigenvalue weighted by atomic mass is 9.85. The molecule has 3 N–H and O–H groups in total. The summed E-state index contributed by atoms with van der Waals surface area (Å²) in [6, 6.07) is 4.05. The second-order valence-corrected chi connectivity index (χ2v) is 6.96. The molecule has 7 nitrogen and oxygen atoms in total. The third kappa shape index (κ3) is 3.16. The number of rotatable bonds is 5. The molecular formula is C18H24FN3O4. The number of primary amides is 1. The van der Waals surface area contributed by atoms with Crippen molar-refractivity contribution >= 4 is 23.4 Å². The maximum atomic E-state index is 13.3. The highest BCUT2D eigenvalue weighted by atomic mass is 19.1. The van der Waals surface area contributed by atoms with Gasteiger partial charge in [-0.05, 0) is 44.0 Å². The number of anilines is 1. The molecule has 1 aromatic carbocycles. The quantitative estimate of drug-likeness (QED) is 0.799. The van der Waals surface area contributed by atoms with Crippen molar-refractivity contribution < 1.29 is 23.9 Å². The van der Waals surface area contributed by atoms with Gasteiger partial charge in [-0.3, -0.25) is 19.3 Å². The number of halogens is 1. The lowest BCUT2D eigenvalue weighted by Gasteiger charge is -2.41. The average molecular weight is 365 g/mol. The fourth-order valence-corrected chi connectivity index (χ4v) is 3.58. The number of hydrogen-bond acceptors (Lipinski definition) is 4. The van der Waals surface area contributed by atoms with E-state index in [-0.39, 0.29) is 18.2 Å². The largest absolute Gasteiger partial charge is 0.391 e. The van der Waals surface area contributed by atoms with Gasteiger partial charge in [-0.25, -0.2) is 4.39 Å². The van der Waals surface area contributed by atoms with Crippen LogP contribution in [-0.2, 0) is 14.4 Å². The van der Waals surface area contributed by atoms with Crippen molar-refractivity contribution in [3.63, 3.8) is 0 Å². The Labute approximate surface area is 151 Å². The van der Waals surface area contributed by atoms with Crippen LogP contribution in [0.4, 0.5) is 10.1 Å². The van der Waals surface area contributed by atoms with E-state index in [1.54, 1.807) is 13.8 Å². The molecule has 4 atom stereocenters. The molecule has 2 unspecified atom stereocenters. The molecule has 0 aliphatic carbocycles. The number of hydrogen-bond donors (Lipinski definition) is 2. The number of likely N-dealkylation sites (N-methyl/N-ethyl adjacent to an activating group) is 1. The molecule has 0 bridgehead atoms. The molecule has 2 rings (SSSR count). The maximum absolute atomic E-state index is 13.3. The Morgan fingerprint density at radius 1 is 1.38 bits per heavy atom. The van der Waals surface area contributed by atoms with Crippen LogP contribution in [-0.4, -0.2) is 52.5 Å². The number of nitrogens with zero attached hydrogens (tertiary/aromatic N) is 2. The van der Waals surface area contributed by atoms with Crippen LogP contribution in [0.1, 0.15) is 27.2 Å². The van der Waals surface area contributed by atoms with E-state index in [9.17, 15) is 23.9 Å². The molecule has 142 valence electrons. The van der Waals surface area contributed by atoms with Gasteiger partial charge in [-0.15, -0.1) is 0 Å². The topological polar surface area (TPSA) is 104 Å². The normalized spacial score (nSPS) is 25.1. The van der Waals surface area contributed by atoms with Crippen LogP contribution in [0.25, 0.3) is 0 Å². The second kappa shape index (κ2) is 7.03. The van der Waals surface area contributed by atoms with E-state index in [0.717, 1.165) is 4.90 Å². The summed E-state index contributed by atoms with van der Waals surface area (Å²) in [6.45, 7) is 4.72. The van der Waals surface area contributed by atoms with Crippen LogP contribution in [0, 0.1) is 11.7 Å². The van der Waals surface area contributed by atoms with Gasteiger partial charge in [0.2, 0.25) is 17.7 Å². The van der Waals surface area contributed by atoms with Crippen LogP contribution in [0.3, 0.4) is 0 Å². The third-order valence-corrected chi connectivity index (χ3v) is 5.16. The van der Waals surface area contributed by atoms with Gasteiger partial charge in [-0.1, -0.05) is 6.92 Å². The minimum absolute atomic E-state index is 0.128. The number of aliphatic hydroxyl groups is 1. The number of nitrogens with two attached hydrogens (primary N) is 1. The predicted molar refractivity (Wildman–Crippen MR) is 93.5 cm³/mol. The standard InChI is InChI=1S/C18H24FN3O4/c1-10-9-14(24)22(13-7-5-12(19)6-8-13)18(10,3)17(26)21(4)15(11(2)23)16(20)25/h5-8,10-11,15,23H,9H2,1-4H3,(H2,20,25)/t10?,11-,15+,18?/m1/s1. The Morgan fingerprint density at radius 2 is 1.92 bits per heavy atom. The van der Waals surface area contributed by atoms with Gasteiger partial charge in [0.15, 0.2) is 0 Å². The monoisotopic (exact) mass is 365 g/mol. The summed E-state index contributed by atoms with van der Waals surface area (Å²) in [5.41, 5.74) is 4.41. The molecule has 1 fully saturated rings. The molecule has 1 heterocycles. The number of carbonyl (C=O) groups is 3. The summed E-state index contributed by atoms with van der Waals surface area (Å²) >= 11 is 0. The van der Waals surface area contributed by atoms with E-state index in [0.29, 0.717) is 5.69 Å². The van der Waals surface area contributed by atoms with Gasteiger partial charge in [0.05, 0.1) is 6.10 Å². The summed E-state index contributed by atoms with van der Waals surface area (Å²) < 4.78 is 13.3. The minimum Gasteiger partial charge on any atom is -0.391 e. The van der Waals surface area contributed by atoms with Crippen LogP contribution in [0.5, 0.6) is 0 Å². The van der Waals surface area contributed by atoms with Crippen LogP contribution >= 0.6 is 0 Å². The van der Waals surface area contributed by atoms with Gasteiger partial charge >= 0.3 is 0 Å². The average Bonchev–Trinajstić information content (AvgIpc) is 2.77. The summed E-state index contributed by atoms with van der Waals surface area (Å²) in [5, 5.41) is 9.84. The molecule has 3 amide bonds. The zero-order valence-corrected chi connectivity index (χ0v) is 15.3. The zero-order valence-electron chi connectivity index (χ0n) is 15.3. The van der Waals surface area contributed by atoms with E-state index in [2.05, 4.69) is 0 Å². The first-order chi connectivity index (χ1) is 12.0. The molecule has 0 aromatic heterocycles. The van der Waals surface area contributed by atoms with E-state index in [4.69, 9.17) is 5.73 Å². The molecule has 1 aliphatic rings. The van der Waals surface area contributed by atoms with E-state index < -0.39 is 35.3 Å². The number of amides is 3. The molecular weight excluding hydrogens is 341 g/mol. The Kier molecular flexibility index (Phi) is 5.36. The third-order valence-electron chi connectivity index (χ3n) is 5.16. The fraction of sp³-hybridized carbons (Fsp3) is 0.500. The van der Waals surface area contributed by atoms with Gasteiger partial charge in [0.25, 0.3) is 0 Å². The lowest BCUT2D eigenvalue weighted by molar-refractivity contribution is -0.146. The minimum atomic E-state index is -1.30. The Balaban J connectivity index is 2.48. The summed E-state index contributed by atoms with van der Waals surface area (Å²) in [7, 11) is 1.37. The van der Waals surface area contributed by atoms with E-state index in [1.807, 2.05) is 0 Å². The molecule has 0 spiro atoms. The first-order valence-electron chi connectivity index (χ1n) is 8.35. The summed E-state index contributed by atoms with van der Waals surface area (Å²) in [6.07, 6.45) is -1.04. The van der Waals surface area contributed by atoms with Crippen molar-refractivity contribution in [2.75, 3.05) is 11.9 Å². The molecule has 1 aromatic rings. The number of benzene rings is 1. The summed E-state index contributed by atoms with van der Waals surface area (Å²) in [5.74, 6) is -2.46. The van der Waals surface area contributed by atoms with E-state index in [1.165, 1.54) is 43.1 Å². The lowest BCUT2D eigenvalue weighted by Crippen LogP contribution is -2.62. The zero-order chi connectivity index (χ0) is 19.8. The number of aliphatic hydroxyl groups excluding tert-OH is 1. The summed E-state index contributed by atoms with van der Waals surface area (Å²) in [4.78, 5) is 39.9. The molecule has 26 heavy (non-hydrogen) atoms. The highest BCUT2D eigenvalue weighted by Gasteiger charge is 2.55. The SMILES string of the molecule is CC1CC(=O)N(c2ccc(F)cc2)C1(C)C(=O)N(C)[C@H](C(N)=O)[C@@H](C)O. The fourth-order valence-electron chi connectivity index (χ4n) is 3.58. The van der Waals surface area contributed by atoms with Crippen molar-refractivity contribution in [3.05, 3.63) is 30.1 Å². The molecule has 0 saturated carbocycles. The first kappa shape index (κ1) is 19.8. The second-order valence-electron chi connectivity index (χ2n) is 6.96. The Morgan fingerprint density at radius 3 is 2.38 bits per heavy atom. The molecule has 1 aliphatic heterocycles. The molecule has 0 radical (unpaired) electrons. The van der Waals surface area contributed by atoms with Gasteiger partial charge in [0, 0.05) is 19.2 Å². The highest BCUT2D eigenvalue weighted by molar-refractivity contribution is 6.07. The molecule has 1 saturated heterocycles. The Bertz CT molecular complexity index is 722. The van der Waals surface area contributed by atoms with Crippen LogP contribution in [0.15, 0.2) is 24.3 Å². The highest BCUT2D eigenvalue weighted by Crippen LogP contribution is 2.40. The van der Waals surface area contributed by atoms with Gasteiger partial charge in [0.1, 0.15) is 17.4 Å². The Hall–Kier alpha value is -2.48. The van der Waals surface area contributed by atoms with Crippen molar-refractivity contribution in [3.8, 4) is 0 Å². The van der Waals surface area contributed by atoms with Gasteiger partial charge < -0.3 is 15.7 Å². The predicted octanol–water partition coefficient (Wildman–Crippen LogP) is 0.650. The van der Waals surface area contributed by atoms with Crippen molar-refractivity contribution in [2.45, 2.75) is 44.9 Å². The first-order valence-corrected chi connectivity index (χ1v) is 8.35. The van der Waals surface area contributed by atoms with Crippen molar-refractivity contribution in [2.24, 2.45) is 11.7 Å². The molecule has 8 heteroatoms. The number of carbonyl (C=O) groups excluding carboxylic acids is 3. The van der Waals surface area contributed by atoms with Gasteiger partial charge in [-0.2, -0.15) is 0 Å². The smallest absolute Gasteiger partial charge is 0.249 e.